The maximum atomic E-state index is 10.7. The second-order valence-corrected chi connectivity index (χ2v) is 4.09. The van der Waals surface area contributed by atoms with Crippen molar-refractivity contribution in [1.29, 1.82) is 0 Å². The molecule has 0 aliphatic rings. The van der Waals surface area contributed by atoms with Gasteiger partial charge in [-0.2, -0.15) is 0 Å². The summed E-state index contributed by atoms with van der Waals surface area (Å²) in [5.41, 5.74) is 6.81. The van der Waals surface area contributed by atoms with Gasteiger partial charge in [0.15, 0.2) is 0 Å². The normalized spacial score (nSPS) is 10.1. The minimum atomic E-state index is -0.614. The number of aromatic hydroxyl groups is 2. The van der Waals surface area contributed by atoms with Gasteiger partial charge in [0.2, 0.25) is 0 Å². The van der Waals surface area contributed by atoms with Gasteiger partial charge in [0, 0.05) is 17.7 Å². The van der Waals surface area contributed by atoms with Gasteiger partial charge in [-0.05, 0) is 23.8 Å². The third-order valence-corrected chi connectivity index (χ3v) is 2.72. The number of nitrogens with two attached hydrogens (primary N) is 1. The van der Waals surface area contributed by atoms with E-state index in [2.05, 4.69) is 5.32 Å². The number of primary amides is 1. The minimum Gasteiger partial charge on any atom is -0.507 e. The first kappa shape index (κ1) is 12.8. The van der Waals surface area contributed by atoms with Crippen molar-refractivity contribution < 1.29 is 15.0 Å². The van der Waals surface area contributed by atoms with Crippen LogP contribution in [0.2, 0.25) is 0 Å². The van der Waals surface area contributed by atoms with Crippen LogP contribution in [-0.2, 0) is 6.54 Å². The van der Waals surface area contributed by atoms with E-state index in [1.54, 1.807) is 36.4 Å². The summed E-state index contributed by atoms with van der Waals surface area (Å²) >= 11 is 0. The zero-order valence-corrected chi connectivity index (χ0v) is 10.1. The summed E-state index contributed by atoms with van der Waals surface area (Å²) in [5, 5.41) is 22.1. The average Bonchev–Trinajstić information content (AvgIpc) is 2.38. The number of para-hydroxylation sites is 1. The number of urea groups is 1. The predicted molar refractivity (Wildman–Crippen MR) is 71.6 cm³/mol. The number of carbonyl (C=O) groups is 1. The third-order valence-electron chi connectivity index (χ3n) is 2.72. The first-order chi connectivity index (χ1) is 9.08. The summed E-state index contributed by atoms with van der Waals surface area (Å²) in [6.07, 6.45) is 0. The van der Waals surface area contributed by atoms with E-state index in [4.69, 9.17) is 5.73 Å². The molecule has 0 unspecified atom stereocenters. The average molecular weight is 258 g/mol. The molecule has 2 aromatic carbocycles. The number of phenolic OH excluding ortho intramolecular Hbond substituents is 2. The molecule has 0 atom stereocenters. The molecular formula is C14H14N2O3. The topological polar surface area (TPSA) is 95.6 Å². The molecule has 0 bridgehead atoms. The van der Waals surface area contributed by atoms with Crippen molar-refractivity contribution in [3.05, 3.63) is 48.0 Å². The van der Waals surface area contributed by atoms with Gasteiger partial charge in [-0.3, -0.25) is 0 Å². The molecule has 0 radical (unpaired) electrons. The van der Waals surface area contributed by atoms with E-state index in [0.29, 0.717) is 11.1 Å². The number of carbonyl (C=O) groups excluding carboxylic acids is 1. The zero-order chi connectivity index (χ0) is 13.8. The number of benzene rings is 2. The monoisotopic (exact) mass is 258 g/mol. The highest BCUT2D eigenvalue weighted by atomic mass is 16.3. The number of hydrogen-bond acceptors (Lipinski definition) is 3. The van der Waals surface area contributed by atoms with E-state index in [-0.39, 0.29) is 18.0 Å². The van der Waals surface area contributed by atoms with Gasteiger partial charge < -0.3 is 21.3 Å². The first-order valence-electron chi connectivity index (χ1n) is 5.71. The van der Waals surface area contributed by atoms with Crippen molar-refractivity contribution in [2.45, 2.75) is 6.54 Å². The Labute approximate surface area is 110 Å². The fraction of sp³-hybridized carbons (Fsp3) is 0.0714. The van der Waals surface area contributed by atoms with Crippen LogP contribution in [-0.4, -0.2) is 16.2 Å². The van der Waals surface area contributed by atoms with Crippen LogP contribution >= 0.6 is 0 Å². The quantitative estimate of drug-likeness (QED) is 0.677. The smallest absolute Gasteiger partial charge is 0.312 e. The van der Waals surface area contributed by atoms with Gasteiger partial charge in [0.25, 0.3) is 0 Å². The van der Waals surface area contributed by atoms with E-state index in [1.165, 1.54) is 6.07 Å². The van der Waals surface area contributed by atoms with Gasteiger partial charge in [0.1, 0.15) is 11.5 Å². The predicted octanol–water partition coefficient (Wildman–Crippen LogP) is 1.93. The van der Waals surface area contributed by atoms with Crippen LogP contribution in [0.25, 0.3) is 11.1 Å². The van der Waals surface area contributed by atoms with E-state index < -0.39 is 6.03 Å². The first-order valence-corrected chi connectivity index (χ1v) is 5.71. The molecule has 0 aromatic heterocycles. The lowest BCUT2D eigenvalue weighted by Gasteiger charge is -2.09. The van der Waals surface area contributed by atoms with Crippen LogP contribution in [0, 0.1) is 0 Å². The van der Waals surface area contributed by atoms with Crippen LogP contribution in [0.15, 0.2) is 42.5 Å². The lowest BCUT2D eigenvalue weighted by molar-refractivity contribution is 0.248. The van der Waals surface area contributed by atoms with Crippen molar-refractivity contribution in [3.8, 4) is 22.6 Å². The number of nitrogens with one attached hydrogen (secondary N) is 1. The van der Waals surface area contributed by atoms with Crippen molar-refractivity contribution in [2.75, 3.05) is 0 Å². The minimum absolute atomic E-state index is 0.0596. The summed E-state index contributed by atoms with van der Waals surface area (Å²) in [6, 6.07) is 11.0. The van der Waals surface area contributed by atoms with Gasteiger partial charge in [0.05, 0.1) is 0 Å². The molecule has 0 heterocycles. The molecule has 98 valence electrons. The third kappa shape index (κ3) is 2.95. The Bertz CT molecular complexity index is 611. The summed E-state index contributed by atoms with van der Waals surface area (Å²) < 4.78 is 0. The SMILES string of the molecule is NC(=O)NCc1ccc(O)c(-c2ccccc2O)c1. The van der Waals surface area contributed by atoms with Crippen LogP contribution in [0.4, 0.5) is 4.79 Å². The molecule has 0 fully saturated rings. The Kier molecular flexibility index (Phi) is 3.56. The highest BCUT2D eigenvalue weighted by molar-refractivity contribution is 5.76. The van der Waals surface area contributed by atoms with Crippen LogP contribution in [0.3, 0.4) is 0 Å². The Balaban J connectivity index is 2.37. The molecule has 19 heavy (non-hydrogen) atoms. The van der Waals surface area contributed by atoms with Crippen molar-refractivity contribution >= 4 is 6.03 Å². The van der Waals surface area contributed by atoms with Gasteiger partial charge in [-0.15, -0.1) is 0 Å². The van der Waals surface area contributed by atoms with Gasteiger partial charge in [-0.1, -0.05) is 24.3 Å². The van der Waals surface area contributed by atoms with Crippen LogP contribution < -0.4 is 11.1 Å². The Morgan fingerprint density at radius 1 is 1.05 bits per heavy atom. The molecule has 0 aliphatic heterocycles. The molecule has 2 rings (SSSR count). The molecule has 0 aliphatic carbocycles. The molecule has 5 nitrogen and oxygen atoms in total. The molecule has 2 aromatic rings. The number of rotatable bonds is 3. The second kappa shape index (κ2) is 5.30. The molecule has 5 N–H and O–H groups in total. The highest BCUT2D eigenvalue weighted by Crippen LogP contribution is 2.35. The maximum Gasteiger partial charge on any atom is 0.312 e. The zero-order valence-electron chi connectivity index (χ0n) is 10.1. The lowest BCUT2D eigenvalue weighted by atomic mass is 10.0. The molecule has 0 saturated heterocycles. The molecule has 5 heteroatoms. The summed E-state index contributed by atoms with van der Waals surface area (Å²) in [7, 11) is 0. The van der Waals surface area contributed by atoms with E-state index >= 15 is 0 Å². The van der Waals surface area contributed by atoms with Crippen molar-refractivity contribution in [3.63, 3.8) is 0 Å². The Morgan fingerprint density at radius 3 is 2.42 bits per heavy atom. The molecule has 0 saturated carbocycles. The van der Waals surface area contributed by atoms with E-state index in [0.717, 1.165) is 5.56 Å². The van der Waals surface area contributed by atoms with Crippen molar-refractivity contribution in [1.82, 2.24) is 5.32 Å². The molecule has 2 amide bonds. The maximum absolute atomic E-state index is 10.7. The lowest BCUT2D eigenvalue weighted by Crippen LogP contribution is -2.28. The number of amides is 2. The van der Waals surface area contributed by atoms with Crippen molar-refractivity contribution in [2.24, 2.45) is 5.73 Å². The fourth-order valence-electron chi connectivity index (χ4n) is 1.80. The molecule has 0 spiro atoms. The van der Waals surface area contributed by atoms with Crippen LogP contribution in [0.5, 0.6) is 11.5 Å². The van der Waals surface area contributed by atoms with E-state index in [9.17, 15) is 15.0 Å². The second-order valence-electron chi connectivity index (χ2n) is 4.09. The van der Waals surface area contributed by atoms with E-state index in [1.807, 2.05) is 0 Å². The standard InChI is InChI=1S/C14H14N2O3/c15-14(19)16-8-9-5-6-13(18)11(7-9)10-3-1-2-4-12(10)17/h1-7,17-18H,8H2,(H3,15,16,19). The Morgan fingerprint density at radius 2 is 1.74 bits per heavy atom. The van der Waals surface area contributed by atoms with Gasteiger partial charge in [-0.25, -0.2) is 4.79 Å². The summed E-state index contributed by atoms with van der Waals surface area (Å²) in [6.45, 7) is 0.260. The summed E-state index contributed by atoms with van der Waals surface area (Å²) in [5.74, 6) is 0.141. The largest absolute Gasteiger partial charge is 0.507 e. The Hall–Kier alpha value is -2.69. The molecular weight excluding hydrogens is 244 g/mol. The van der Waals surface area contributed by atoms with Crippen LogP contribution in [0.1, 0.15) is 5.56 Å². The number of hydrogen-bond donors (Lipinski definition) is 4. The fourth-order valence-corrected chi connectivity index (χ4v) is 1.80. The number of phenols is 2. The van der Waals surface area contributed by atoms with Gasteiger partial charge >= 0.3 is 6.03 Å². The summed E-state index contributed by atoms with van der Waals surface area (Å²) in [4.78, 5) is 10.7. The highest BCUT2D eigenvalue weighted by Gasteiger charge is 2.09.